The summed E-state index contributed by atoms with van der Waals surface area (Å²) in [5.41, 5.74) is 1.79. The summed E-state index contributed by atoms with van der Waals surface area (Å²) in [4.78, 5) is 0. The van der Waals surface area contributed by atoms with E-state index < -0.39 is 15.6 Å². The van der Waals surface area contributed by atoms with E-state index in [2.05, 4.69) is 9.82 Å². The van der Waals surface area contributed by atoms with Gasteiger partial charge in [0.2, 0.25) is 15.9 Å². The van der Waals surface area contributed by atoms with Gasteiger partial charge in [-0.15, -0.1) is 5.10 Å². The molecule has 0 unspecified atom stereocenters. The van der Waals surface area contributed by atoms with E-state index in [1.165, 1.54) is 12.1 Å². The number of aryl methyl sites for hydroxylation is 1. The van der Waals surface area contributed by atoms with Crippen molar-refractivity contribution in [3.8, 4) is 22.9 Å². The van der Waals surface area contributed by atoms with E-state index >= 15 is 0 Å². The van der Waals surface area contributed by atoms with Crippen molar-refractivity contribution in [2.75, 3.05) is 5.75 Å². The number of benzene rings is 2. The highest BCUT2D eigenvalue weighted by atomic mass is 32.2. The molecule has 0 aliphatic heterocycles. The first-order chi connectivity index (χ1) is 14.1. The molecule has 0 spiro atoms. The number of hydrogen-bond donors (Lipinski definition) is 1. The second-order valence-electron chi connectivity index (χ2n) is 7.45. The van der Waals surface area contributed by atoms with Gasteiger partial charge in [-0.3, -0.25) is 4.68 Å². The number of nitrogens with zero attached hydrogens (tertiary/aromatic N) is 2. The van der Waals surface area contributed by atoms with E-state index in [1.54, 1.807) is 23.7 Å². The number of rotatable bonds is 8. The van der Waals surface area contributed by atoms with Crippen molar-refractivity contribution in [3.63, 3.8) is 0 Å². The molecule has 30 heavy (non-hydrogen) atoms. The van der Waals surface area contributed by atoms with Gasteiger partial charge in [0.25, 0.3) is 0 Å². The first-order valence-electron chi connectivity index (χ1n) is 9.77. The smallest absolute Gasteiger partial charge is 0.238 e. The summed E-state index contributed by atoms with van der Waals surface area (Å²) in [5.74, 6) is 0.575. The van der Waals surface area contributed by atoms with Gasteiger partial charge in [-0.2, -0.15) is 0 Å². The highest BCUT2D eigenvalue weighted by Crippen LogP contribution is 2.30. The lowest BCUT2D eigenvalue weighted by Crippen LogP contribution is -2.41. The third-order valence-corrected chi connectivity index (χ3v) is 6.35. The third-order valence-electron chi connectivity index (χ3n) is 4.76. The van der Waals surface area contributed by atoms with Crippen LogP contribution in [-0.2, 0) is 22.1 Å². The zero-order chi connectivity index (χ0) is 21.9. The molecule has 0 saturated heterocycles. The van der Waals surface area contributed by atoms with E-state index in [-0.39, 0.29) is 11.6 Å². The lowest BCUT2D eigenvalue weighted by Gasteiger charge is -2.27. The molecule has 3 rings (SSSR count). The molecular formula is C22H26FN3O3S. The zero-order valence-electron chi connectivity index (χ0n) is 17.5. The standard InChI is InChI=1S/C22H26FN3O3S/c1-5-26-20(15-21(24-26)29-19-12-10-18(23)11-13-19)16-8-7-9-17(14-16)22(3,4)25-30(27,28)6-2/h7-15,25H,5-6H2,1-4H3. The molecule has 0 amide bonds. The number of nitrogens with one attached hydrogen (secondary N) is 1. The van der Waals surface area contributed by atoms with Gasteiger partial charge >= 0.3 is 0 Å². The monoisotopic (exact) mass is 431 g/mol. The molecule has 0 radical (unpaired) electrons. The van der Waals surface area contributed by atoms with Gasteiger partial charge in [0.15, 0.2) is 0 Å². The van der Waals surface area contributed by atoms with E-state index in [0.717, 1.165) is 16.8 Å². The summed E-state index contributed by atoms with van der Waals surface area (Å²) in [6.45, 7) is 7.87. The Kier molecular flexibility index (Phi) is 6.28. The molecule has 3 aromatic rings. The Morgan fingerprint density at radius 3 is 2.43 bits per heavy atom. The van der Waals surface area contributed by atoms with Crippen molar-refractivity contribution in [1.82, 2.24) is 14.5 Å². The Balaban J connectivity index is 1.93. The Hall–Kier alpha value is -2.71. The van der Waals surface area contributed by atoms with Gasteiger partial charge in [-0.25, -0.2) is 17.5 Å². The van der Waals surface area contributed by atoms with Gasteiger partial charge in [0, 0.05) is 18.2 Å². The number of aromatic nitrogens is 2. The highest BCUT2D eigenvalue weighted by Gasteiger charge is 2.26. The van der Waals surface area contributed by atoms with Crippen LogP contribution in [0.2, 0.25) is 0 Å². The fraction of sp³-hybridized carbons (Fsp3) is 0.318. The van der Waals surface area contributed by atoms with Gasteiger partial charge in [-0.1, -0.05) is 18.2 Å². The van der Waals surface area contributed by atoms with Crippen molar-refractivity contribution < 1.29 is 17.5 Å². The molecule has 2 aromatic carbocycles. The van der Waals surface area contributed by atoms with Gasteiger partial charge in [0.1, 0.15) is 11.6 Å². The van der Waals surface area contributed by atoms with Crippen LogP contribution in [0.4, 0.5) is 4.39 Å². The first kappa shape index (κ1) is 22.0. The average molecular weight is 432 g/mol. The number of hydrogen-bond acceptors (Lipinski definition) is 4. The molecule has 1 aromatic heterocycles. The summed E-state index contributed by atoms with van der Waals surface area (Å²) >= 11 is 0. The minimum Gasteiger partial charge on any atom is -0.438 e. The predicted octanol–water partition coefficient (Wildman–Crippen LogP) is 4.68. The maximum Gasteiger partial charge on any atom is 0.238 e. The van der Waals surface area contributed by atoms with E-state index in [4.69, 9.17) is 4.74 Å². The van der Waals surface area contributed by atoms with E-state index in [0.29, 0.717) is 18.2 Å². The number of halogens is 1. The van der Waals surface area contributed by atoms with Crippen LogP contribution in [0.25, 0.3) is 11.3 Å². The maximum absolute atomic E-state index is 13.1. The summed E-state index contributed by atoms with van der Waals surface area (Å²) in [6.07, 6.45) is 0. The second-order valence-corrected chi connectivity index (χ2v) is 9.46. The molecule has 0 bridgehead atoms. The summed E-state index contributed by atoms with van der Waals surface area (Å²) < 4.78 is 47.6. The predicted molar refractivity (Wildman–Crippen MR) is 115 cm³/mol. The molecule has 0 aliphatic rings. The van der Waals surface area contributed by atoms with Gasteiger partial charge < -0.3 is 4.74 Å². The van der Waals surface area contributed by atoms with Crippen molar-refractivity contribution in [2.45, 2.75) is 39.8 Å². The normalized spacial score (nSPS) is 12.2. The van der Waals surface area contributed by atoms with Crippen molar-refractivity contribution in [3.05, 3.63) is 66.0 Å². The van der Waals surface area contributed by atoms with Crippen molar-refractivity contribution in [2.24, 2.45) is 0 Å². The molecule has 1 heterocycles. The quantitative estimate of drug-likeness (QED) is 0.562. The van der Waals surface area contributed by atoms with Crippen LogP contribution in [-0.4, -0.2) is 24.0 Å². The van der Waals surface area contributed by atoms with Crippen molar-refractivity contribution >= 4 is 10.0 Å². The molecule has 0 fully saturated rings. The van der Waals surface area contributed by atoms with Crippen LogP contribution in [0.3, 0.4) is 0 Å². The number of sulfonamides is 1. The molecule has 8 heteroatoms. The van der Waals surface area contributed by atoms with Crippen LogP contribution in [0, 0.1) is 5.82 Å². The molecule has 6 nitrogen and oxygen atoms in total. The molecule has 0 aliphatic carbocycles. The van der Waals surface area contributed by atoms with Gasteiger partial charge in [-0.05, 0) is 63.6 Å². The summed E-state index contributed by atoms with van der Waals surface area (Å²) in [7, 11) is -3.36. The fourth-order valence-corrected chi connectivity index (χ4v) is 4.17. The van der Waals surface area contributed by atoms with Crippen LogP contribution in [0.1, 0.15) is 33.3 Å². The largest absolute Gasteiger partial charge is 0.438 e. The number of ether oxygens (including phenoxy) is 1. The third kappa shape index (κ3) is 5.06. The second kappa shape index (κ2) is 8.57. The van der Waals surface area contributed by atoms with Crippen LogP contribution in [0.5, 0.6) is 11.6 Å². The van der Waals surface area contributed by atoms with E-state index in [9.17, 15) is 12.8 Å². The molecular weight excluding hydrogens is 405 g/mol. The molecule has 160 valence electrons. The Morgan fingerprint density at radius 2 is 1.80 bits per heavy atom. The summed E-state index contributed by atoms with van der Waals surface area (Å²) in [5, 5.41) is 4.48. The SMILES string of the molecule is CCn1nc(Oc2ccc(F)cc2)cc1-c1cccc(C(C)(C)NS(=O)(=O)CC)c1. The maximum atomic E-state index is 13.1. The molecule has 0 saturated carbocycles. The Bertz CT molecular complexity index is 1120. The lowest BCUT2D eigenvalue weighted by atomic mass is 9.93. The van der Waals surface area contributed by atoms with Gasteiger partial charge in [0.05, 0.1) is 17.0 Å². The molecule has 1 N–H and O–H groups in total. The lowest BCUT2D eigenvalue weighted by molar-refractivity contribution is 0.448. The van der Waals surface area contributed by atoms with Crippen molar-refractivity contribution in [1.29, 1.82) is 0 Å². The molecule has 0 atom stereocenters. The topological polar surface area (TPSA) is 73.2 Å². The van der Waals surface area contributed by atoms with Crippen LogP contribution >= 0.6 is 0 Å². The Labute approximate surface area is 176 Å². The van der Waals surface area contributed by atoms with E-state index in [1.807, 2.05) is 51.1 Å². The fourth-order valence-electron chi connectivity index (χ4n) is 3.13. The van der Waals surface area contributed by atoms with Crippen LogP contribution < -0.4 is 9.46 Å². The first-order valence-corrected chi connectivity index (χ1v) is 11.4. The highest BCUT2D eigenvalue weighted by molar-refractivity contribution is 7.89. The Morgan fingerprint density at radius 1 is 1.10 bits per heavy atom. The zero-order valence-corrected chi connectivity index (χ0v) is 18.3. The average Bonchev–Trinajstić information content (AvgIpc) is 3.12. The minimum absolute atomic E-state index is 0.0167. The minimum atomic E-state index is -3.36. The summed E-state index contributed by atoms with van der Waals surface area (Å²) in [6, 6.07) is 15.2. The van der Waals surface area contributed by atoms with Crippen LogP contribution in [0.15, 0.2) is 54.6 Å².